The highest BCUT2D eigenvalue weighted by molar-refractivity contribution is 5.99. The summed E-state index contributed by atoms with van der Waals surface area (Å²) in [4.78, 5) is 3.74. The number of aromatic nitrogens is 1. The Labute approximate surface area is 200 Å². The van der Waals surface area contributed by atoms with Crippen molar-refractivity contribution in [1.82, 2.24) is 4.98 Å². The zero-order chi connectivity index (χ0) is 22.9. The van der Waals surface area contributed by atoms with Crippen LogP contribution < -0.4 is 10.6 Å². The fourth-order valence-electron chi connectivity index (χ4n) is 6.16. The maximum atomic E-state index is 3.74. The Morgan fingerprint density at radius 1 is 0.618 bits per heavy atom. The Kier molecular flexibility index (Phi) is 4.08. The van der Waals surface area contributed by atoms with E-state index in [2.05, 4.69) is 116 Å². The second-order valence-corrected chi connectivity index (χ2v) is 10.1. The summed E-state index contributed by atoms with van der Waals surface area (Å²) < 4.78 is 0. The predicted molar refractivity (Wildman–Crippen MR) is 144 cm³/mol. The van der Waals surface area contributed by atoms with Crippen LogP contribution in [0.1, 0.15) is 37.8 Å². The first kappa shape index (κ1) is 19.6. The molecule has 7 rings (SSSR count). The highest BCUT2D eigenvalue weighted by Crippen LogP contribution is 2.50. The van der Waals surface area contributed by atoms with E-state index >= 15 is 0 Å². The molecule has 1 N–H and O–H groups in total. The number of hydrogen-bond donors (Lipinski definition) is 1. The number of aromatic amines is 1. The Bertz CT molecular complexity index is 1730. The summed E-state index contributed by atoms with van der Waals surface area (Å²) in [6, 6.07) is 31.5. The molecule has 0 aliphatic heterocycles. The van der Waals surface area contributed by atoms with Gasteiger partial charge >= 0.3 is 0 Å². The molecule has 2 aliphatic rings. The lowest BCUT2D eigenvalue weighted by molar-refractivity contribution is 0.660. The standard InChI is InChI=1S/C33H27N/c1-33(2)29-16-7-5-12-24(29)25-19-18-21(20-30(25)33)22-10-3-4-11-23(22)27-14-9-15-28-26-13-6-8-17-31(26)34-32(27)28/h3-5,7,9-20,34H,6,8H2,1-2H3. The van der Waals surface area contributed by atoms with Gasteiger partial charge in [-0.25, -0.2) is 0 Å². The van der Waals surface area contributed by atoms with Crippen molar-refractivity contribution >= 4 is 23.1 Å². The highest BCUT2D eigenvalue weighted by atomic mass is 14.7. The maximum Gasteiger partial charge on any atom is 0.0544 e. The van der Waals surface area contributed by atoms with E-state index in [0.717, 1.165) is 12.8 Å². The van der Waals surface area contributed by atoms with Crippen molar-refractivity contribution in [2.45, 2.75) is 32.1 Å². The molecule has 0 atom stereocenters. The summed E-state index contributed by atoms with van der Waals surface area (Å²) in [5, 5.41) is 3.95. The molecular weight excluding hydrogens is 410 g/mol. The molecule has 0 spiro atoms. The third kappa shape index (κ3) is 2.67. The summed E-state index contributed by atoms with van der Waals surface area (Å²) >= 11 is 0. The average Bonchev–Trinajstić information content (AvgIpc) is 3.37. The van der Waals surface area contributed by atoms with E-state index < -0.39 is 0 Å². The minimum atomic E-state index is 0.00107. The van der Waals surface area contributed by atoms with Crippen molar-refractivity contribution in [1.29, 1.82) is 0 Å². The third-order valence-corrected chi connectivity index (χ3v) is 7.88. The second kappa shape index (κ2) is 7.08. The lowest BCUT2D eigenvalue weighted by atomic mass is 9.81. The molecule has 1 aromatic heterocycles. The van der Waals surface area contributed by atoms with E-state index in [1.54, 1.807) is 0 Å². The van der Waals surface area contributed by atoms with Crippen molar-refractivity contribution < 1.29 is 0 Å². The lowest BCUT2D eigenvalue weighted by Crippen LogP contribution is -2.24. The third-order valence-electron chi connectivity index (χ3n) is 7.88. The Balaban J connectivity index is 1.45. The minimum Gasteiger partial charge on any atom is -0.354 e. The number of rotatable bonds is 2. The highest BCUT2D eigenvalue weighted by Gasteiger charge is 2.35. The first-order chi connectivity index (χ1) is 16.6. The SMILES string of the molecule is CC1(C)c2ccccc2-c2ccc(-c3ccccc3-c3cccc4c5c([nH]c34)=CCCC=5)cc21. The number of nitrogens with one attached hydrogen (secondary N) is 1. The van der Waals surface area contributed by atoms with Gasteiger partial charge in [-0.2, -0.15) is 0 Å². The number of H-pyrrole nitrogens is 1. The topological polar surface area (TPSA) is 15.8 Å². The van der Waals surface area contributed by atoms with Gasteiger partial charge in [0.25, 0.3) is 0 Å². The first-order valence-corrected chi connectivity index (χ1v) is 12.3. The van der Waals surface area contributed by atoms with Crippen molar-refractivity contribution in [2.24, 2.45) is 0 Å². The summed E-state index contributed by atoms with van der Waals surface area (Å²) in [6.07, 6.45) is 6.95. The van der Waals surface area contributed by atoms with Crippen molar-refractivity contribution in [3.05, 3.63) is 107 Å². The van der Waals surface area contributed by atoms with E-state index in [1.165, 1.54) is 66.0 Å². The second-order valence-electron chi connectivity index (χ2n) is 10.1. The van der Waals surface area contributed by atoms with E-state index in [9.17, 15) is 0 Å². The van der Waals surface area contributed by atoms with Crippen LogP contribution in [-0.2, 0) is 5.41 Å². The summed E-state index contributed by atoms with van der Waals surface area (Å²) in [5.41, 5.74) is 11.9. The molecule has 1 heteroatoms. The molecule has 5 aromatic rings. The first-order valence-electron chi connectivity index (χ1n) is 12.3. The number of hydrogen-bond acceptors (Lipinski definition) is 0. The zero-order valence-electron chi connectivity index (χ0n) is 19.7. The number of fused-ring (bicyclic) bond motifs is 6. The van der Waals surface area contributed by atoms with Crippen molar-refractivity contribution in [2.75, 3.05) is 0 Å². The number of para-hydroxylation sites is 1. The van der Waals surface area contributed by atoms with Crippen LogP contribution in [0.25, 0.3) is 56.4 Å². The molecule has 34 heavy (non-hydrogen) atoms. The van der Waals surface area contributed by atoms with Crippen LogP contribution in [0.4, 0.5) is 0 Å². The van der Waals surface area contributed by atoms with Gasteiger partial charge in [-0.05, 0) is 57.9 Å². The van der Waals surface area contributed by atoms with E-state index in [1.807, 2.05) is 0 Å². The van der Waals surface area contributed by atoms with Crippen LogP contribution >= 0.6 is 0 Å². The van der Waals surface area contributed by atoms with Gasteiger partial charge < -0.3 is 4.98 Å². The molecule has 0 bridgehead atoms. The van der Waals surface area contributed by atoms with Crippen LogP contribution in [0.15, 0.2) is 84.9 Å². The summed E-state index contributed by atoms with van der Waals surface area (Å²) in [5.74, 6) is 0. The van der Waals surface area contributed by atoms with Gasteiger partial charge in [0.05, 0.1) is 5.52 Å². The zero-order valence-corrected chi connectivity index (χ0v) is 19.7. The molecule has 1 nitrogen and oxygen atoms in total. The molecule has 0 saturated carbocycles. The van der Waals surface area contributed by atoms with E-state index in [-0.39, 0.29) is 5.41 Å². The molecule has 0 amide bonds. The molecule has 4 aromatic carbocycles. The van der Waals surface area contributed by atoms with Gasteiger partial charge in [-0.15, -0.1) is 0 Å². The molecule has 164 valence electrons. The van der Waals surface area contributed by atoms with Crippen LogP contribution in [0.2, 0.25) is 0 Å². The van der Waals surface area contributed by atoms with E-state index in [0.29, 0.717) is 0 Å². The van der Waals surface area contributed by atoms with Crippen molar-refractivity contribution in [3.8, 4) is 33.4 Å². The monoisotopic (exact) mass is 437 g/mol. The van der Waals surface area contributed by atoms with Gasteiger partial charge in [0.1, 0.15) is 0 Å². The van der Waals surface area contributed by atoms with Crippen LogP contribution in [-0.4, -0.2) is 4.98 Å². The smallest absolute Gasteiger partial charge is 0.0544 e. The van der Waals surface area contributed by atoms with Gasteiger partial charge in [0.15, 0.2) is 0 Å². The van der Waals surface area contributed by atoms with Crippen molar-refractivity contribution in [3.63, 3.8) is 0 Å². The quantitative estimate of drug-likeness (QED) is 0.301. The van der Waals surface area contributed by atoms with Gasteiger partial charge in [-0.3, -0.25) is 0 Å². The molecule has 0 saturated heterocycles. The Hall–Kier alpha value is -3.84. The number of benzene rings is 4. The average molecular weight is 438 g/mol. The lowest BCUT2D eigenvalue weighted by Gasteiger charge is -2.22. The van der Waals surface area contributed by atoms with E-state index in [4.69, 9.17) is 0 Å². The molecular formula is C33H27N. The fourth-order valence-corrected chi connectivity index (χ4v) is 6.16. The molecule has 2 aliphatic carbocycles. The van der Waals surface area contributed by atoms with Gasteiger partial charge in [-0.1, -0.05) is 105 Å². The van der Waals surface area contributed by atoms with Crippen LogP contribution in [0.3, 0.4) is 0 Å². The minimum absolute atomic E-state index is 0.00107. The predicted octanol–water partition coefficient (Wildman–Crippen LogP) is 7.16. The van der Waals surface area contributed by atoms with Crippen LogP contribution in [0.5, 0.6) is 0 Å². The normalized spacial score (nSPS) is 15.2. The summed E-state index contributed by atoms with van der Waals surface area (Å²) in [7, 11) is 0. The fraction of sp³-hybridized carbons (Fsp3) is 0.152. The van der Waals surface area contributed by atoms with Gasteiger partial charge in [0, 0.05) is 26.9 Å². The molecule has 0 fully saturated rings. The Morgan fingerprint density at radius 2 is 1.32 bits per heavy atom. The molecule has 1 heterocycles. The molecule has 0 radical (unpaired) electrons. The largest absolute Gasteiger partial charge is 0.354 e. The summed E-state index contributed by atoms with van der Waals surface area (Å²) in [6.45, 7) is 4.70. The maximum absolute atomic E-state index is 3.74. The van der Waals surface area contributed by atoms with Gasteiger partial charge in [0.2, 0.25) is 0 Å². The molecule has 0 unspecified atom stereocenters. The Morgan fingerprint density at radius 3 is 2.21 bits per heavy atom. The van der Waals surface area contributed by atoms with Crippen LogP contribution in [0, 0.1) is 0 Å².